The lowest BCUT2D eigenvalue weighted by atomic mass is 10.3. The van der Waals surface area contributed by atoms with Crippen molar-refractivity contribution in [3.8, 4) is 0 Å². The molecule has 0 aliphatic carbocycles. The third kappa shape index (κ3) is 0.655. The molecule has 0 aromatic rings. The molecular weight excluding hydrogens is 128 g/mol. The Morgan fingerprint density at radius 2 is 2.60 bits per heavy atom. The molecular formula is C6H7N4+. The summed E-state index contributed by atoms with van der Waals surface area (Å²) in [5.41, 5.74) is 2.95. The van der Waals surface area contributed by atoms with Gasteiger partial charge in [0.15, 0.2) is 0 Å². The number of nitrogens with one attached hydrogen (secondary N) is 2. The molecule has 2 aliphatic heterocycles. The van der Waals surface area contributed by atoms with Crippen LogP contribution in [-0.4, -0.2) is 29.0 Å². The summed E-state index contributed by atoms with van der Waals surface area (Å²) in [7, 11) is 0. The molecule has 10 heavy (non-hydrogen) atoms. The zero-order valence-electron chi connectivity index (χ0n) is 5.28. The van der Waals surface area contributed by atoms with E-state index in [0.717, 1.165) is 0 Å². The van der Waals surface area contributed by atoms with Crippen molar-refractivity contribution in [1.82, 2.24) is 5.43 Å². The Hall–Kier alpha value is -1.45. The topological polar surface area (TPSA) is 51.2 Å². The minimum atomic E-state index is 0.203. The van der Waals surface area contributed by atoms with Gasteiger partial charge in [-0.1, -0.05) is 0 Å². The number of aliphatic imine (C=N–C) groups is 1. The lowest BCUT2D eigenvalue weighted by Crippen LogP contribution is -2.34. The highest BCUT2D eigenvalue weighted by Crippen LogP contribution is 1.98. The number of amidine groups is 1. The van der Waals surface area contributed by atoms with Gasteiger partial charge in [0.05, 0.1) is 12.4 Å². The largest absolute Gasteiger partial charge is 0.278 e. The molecule has 0 bridgehead atoms. The van der Waals surface area contributed by atoms with Gasteiger partial charge in [-0.2, -0.15) is 5.43 Å². The van der Waals surface area contributed by atoms with Gasteiger partial charge in [0.25, 0.3) is 0 Å². The molecule has 0 fully saturated rings. The summed E-state index contributed by atoms with van der Waals surface area (Å²) < 4.78 is 1.83. The van der Waals surface area contributed by atoms with E-state index in [2.05, 4.69) is 10.4 Å². The predicted octanol–water partition coefficient (Wildman–Crippen LogP) is -0.468. The monoisotopic (exact) mass is 135 g/mol. The molecule has 2 heterocycles. The summed E-state index contributed by atoms with van der Waals surface area (Å²) in [4.78, 5) is 3.84. The number of fused-ring (bicyclic) bond motifs is 1. The van der Waals surface area contributed by atoms with Gasteiger partial charge in [0, 0.05) is 6.08 Å². The van der Waals surface area contributed by atoms with Gasteiger partial charge >= 0.3 is 0 Å². The first kappa shape index (κ1) is 5.34. The van der Waals surface area contributed by atoms with E-state index in [1.54, 1.807) is 12.4 Å². The van der Waals surface area contributed by atoms with Gasteiger partial charge < -0.3 is 0 Å². The highest BCUT2D eigenvalue weighted by atomic mass is 15.5. The van der Waals surface area contributed by atoms with Crippen molar-refractivity contribution >= 4 is 18.3 Å². The van der Waals surface area contributed by atoms with Crippen LogP contribution in [0.3, 0.4) is 0 Å². The highest BCUT2D eigenvalue weighted by Gasteiger charge is 2.24. The molecule has 0 radical (unpaired) electrons. The van der Waals surface area contributed by atoms with Crippen LogP contribution in [0.25, 0.3) is 0 Å². The maximum Gasteiger partial charge on any atom is 0.238 e. The van der Waals surface area contributed by atoms with E-state index in [4.69, 9.17) is 5.41 Å². The molecule has 4 heteroatoms. The summed E-state index contributed by atoms with van der Waals surface area (Å²) >= 11 is 0. The van der Waals surface area contributed by atoms with E-state index in [1.807, 2.05) is 17.0 Å². The molecule has 1 atom stereocenters. The lowest BCUT2D eigenvalue weighted by molar-refractivity contribution is -0.571. The third-order valence-corrected chi connectivity index (χ3v) is 1.47. The van der Waals surface area contributed by atoms with E-state index in [0.29, 0.717) is 0 Å². The SMILES string of the molecule is N=C1C=[N+]2NC=CC2C=N1. The van der Waals surface area contributed by atoms with Crippen LogP contribution in [-0.2, 0) is 0 Å². The molecule has 2 N–H and O–H groups in total. The molecule has 50 valence electrons. The molecule has 0 spiro atoms. The minimum absolute atomic E-state index is 0.203. The van der Waals surface area contributed by atoms with Crippen molar-refractivity contribution in [1.29, 1.82) is 5.41 Å². The van der Waals surface area contributed by atoms with Crippen molar-refractivity contribution in [2.75, 3.05) is 0 Å². The van der Waals surface area contributed by atoms with Crippen LogP contribution in [0.1, 0.15) is 0 Å². The van der Waals surface area contributed by atoms with E-state index in [9.17, 15) is 0 Å². The molecule has 0 aromatic carbocycles. The van der Waals surface area contributed by atoms with E-state index in [-0.39, 0.29) is 11.9 Å². The molecule has 2 aliphatic rings. The Morgan fingerprint density at radius 3 is 3.50 bits per heavy atom. The van der Waals surface area contributed by atoms with Crippen LogP contribution in [0.5, 0.6) is 0 Å². The van der Waals surface area contributed by atoms with Crippen molar-refractivity contribution in [2.45, 2.75) is 6.04 Å². The van der Waals surface area contributed by atoms with E-state index in [1.165, 1.54) is 0 Å². The average Bonchev–Trinajstić information content (AvgIpc) is 2.33. The zero-order valence-corrected chi connectivity index (χ0v) is 5.28. The number of hydrogen-bond donors (Lipinski definition) is 2. The Bertz CT molecular complexity index is 261. The zero-order chi connectivity index (χ0) is 6.97. The number of rotatable bonds is 0. The Balaban J connectivity index is 2.36. The van der Waals surface area contributed by atoms with Crippen LogP contribution in [0.4, 0.5) is 0 Å². The normalized spacial score (nSPS) is 27.8. The molecule has 1 unspecified atom stereocenters. The van der Waals surface area contributed by atoms with Gasteiger partial charge in [-0.3, -0.25) is 5.41 Å². The van der Waals surface area contributed by atoms with Crippen LogP contribution in [0.15, 0.2) is 17.3 Å². The molecule has 0 saturated carbocycles. The molecule has 0 aromatic heterocycles. The summed E-state index contributed by atoms with van der Waals surface area (Å²) in [6.07, 6.45) is 7.21. The first-order chi connectivity index (χ1) is 4.86. The maximum atomic E-state index is 7.18. The van der Waals surface area contributed by atoms with Crippen molar-refractivity contribution in [2.24, 2.45) is 4.99 Å². The lowest BCUT2D eigenvalue weighted by Gasteiger charge is -2.02. The Labute approximate surface area is 58.1 Å². The molecule has 0 saturated heterocycles. The number of hydrazine groups is 1. The predicted molar refractivity (Wildman–Crippen MR) is 38.6 cm³/mol. The first-order valence-electron chi connectivity index (χ1n) is 3.05. The Kier molecular flexibility index (Phi) is 0.943. The third-order valence-electron chi connectivity index (χ3n) is 1.47. The second-order valence-corrected chi connectivity index (χ2v) is 2.18. The van der Waals surface area contributed by atoms with Crippen LogP contribution < -0.4 is 5.43 Å². The summed E-state index contributed by atoms with van der Waals surface area (Å²) in [5.74, 6) is 0.285. The van der Waals surface area contributed by atoms with E-state index < -0.39 is 0 Å². The highest BCUT2D eigenvalue weighted by molar-refractivity contribution is 6.28. The molecule has 0 amide bonds. The first-order valence-corrected chi connectivity index (χ1v) is 3.05. The van der Waals surface area contributed by atoms with Crippen molar-refractivity contribution < 1.29 is 4.68 Å². The fourth-order valence-corrected chi connectivity index (χ4v) is 0.973. The number of hydrazone groups is 1. The van der Waals surface area contributed by atoms with Gasteiger partial charge in [-0.15, -0.1) is 4.68 Å². The second-order valence-electron chi connectivity index (χ2n) is 2.18. The smallest absolute Gasteiger partial charge is 0.238 e. The average molecular weight is 135 g/mol. The van der Waals surface area contributed by atoms with Crippen LogP contribution in [0.2, 0.25) is 0 Å². The van der Waals surface area contributed by atoms with Crippen LogP contribution >= 0.6 is 0 Å². The second kappa shape index (κ2) is 1.76. The summed E-state index contributed by atoms with van der Waals surface area (Å²) in [6, 6.07) is 0.203. The standard InChI is InChI=1S/C6H7N4/c7-6-4-10-5(3-8-6)1-2-9-10/h1-5,7,9H/q+1. The maximum absolute atomic E-state index is 7.18. The quantitative estimate of drug-likeness (QED) is 0.433. The summed E-state index contributed by atoms with van der Waals surface area (Å²) in [6.45, 7) is 0. The fraction of sp³-hybridized carbons (Fsp3) is 0.167. The van der Waals surface area contributed by atoms with Gasteiger partial charge in [-0.25, -0.2) is 4.99 Å². The van der Waals surface area contributed by atoms with Gasteiger partial charge in [0.2, 0.25) is 18.1 Å². The van der Waals surface area contributed by atoms with E-state index >= 15 is 0 Å². The molecule has 4 nitrogen and oxygen atoms in total. The van der Waals surface area contributed by atoms with Gasteiger partial charge in [0.1, 0.15) is 0 Å². The summed E-state index contributed by atoms with van der Waals surface area (Å²) in [5, 5.41) is 7.18. The van der Waals surface area contributed by atoms with Crippen molar-refractivity contribution in [3.63, 3.8) is 0 Å². The number of hydrogen-bond acceptors (Lipinski definition) is 2. The van der Waals surface area contributed by atoms with Crippen LogP contribution in [0, 0.1) is 5.41 Å². The Morgan fingerprint density at radius 1 is 1.70 bits per heavy atom. The fourth-order valence-electron chi connectivity index (χ4n) is 0.973. The van der Waals surface area contributed by atoms with Gasteiger partial charge in [-0.05, 0) is 0 Å². The van der Waals surface area contributed by atoms with Crippen molar-refractivity contribution in [3.05, 3.63) is 12.3 Å². The molecule has 2 rings (SSSR count). The number of nitrogens with zero attached hydrogens (tertiary/aromatic N) is 2. The minimum Gasteiger partial charge on any atom is -0.278 e.